The van der Waals surface area contributed by atoms with Gasteiger partial charge in [0.2, 0.25) is 0 Å². The molecule has 0 saturated carbocycles. The molecule has 1 aliphatic rings. The second kappa shape index (κ2) is 13.5. The summed E-state index contributed by atoms with van der Waals surface area (Å²) in [6, 6.07) is 1.83. The maximum atomic E-state index is 13.4. The molecule has 0 spiro atoms. The fourth-order valence-corrected chi connectivity index (χ4v) is 3.00. The van der Waals surface area contributed by atoms with Gasteiger partial charge in [0.1, 0.15) is 11.6 Å². The van der Waals surface area contributed by atoms with Gasteiger partial charge in [-0.2, -0.15) is 0 Å². The number of allylic oxidation sites excluding steroid dienone is 4. The summed E-state index contributed by atoms with van der Waals surface area (Å²) in [6.07, 6.45) is 4.88. The van der Waals surface area contributed by atoms with Crippen LogP contribution in [0.2, 0.25) is 0 Å². The van der Waals surface area contributed by atoms with Gasteiger partial charge < -0.3 is 14.7 Å². The highest BCUT2D eigenvalue weighted by molar-refractivity contribution is 5.67. The van der Waals surface area contributed by atoms with Gasteiger partial charge in [0.25, 0.3) is 12.9 Å². The third-order valence-corrected chi connectivity index (χ3v) is 4.50. The molecule has 1 saturated heterocycles. The number of halogens is 2. The van der Waals surface area contributed by atoms with Gasteiger partial charge in [-0.25, -0.2) is 18.7 Å². The summed E-state index contributed by atoms with van der Waals surface area (Å²) in [7, 11) is 0. The average Bonchev–Trinajstić information content (AvgIpc) is 3.26. The number of anilines is 1. The predicted octanol–water partition coefficient (Wildman–Crippen LogP) is 5.40. The van der Waals surface area contributed by atoms with Crippen LogP contribution in [-0.2, 0) is 9.53 Å². The van der Waals surface area contributed by atoms with Crippen LogP contribution in [0.3, 0.4) is 0 Å². The minimum absolute atomic E-state index is 0.250. The molecule has 2 rings (SSSR count). The van der Waals surface area contributed by atoms with Crippen molar-refractivity contribution in [3.63, 3.8) is 0 Å². The number of rotatable bonds is 9. The second-order valence-electron chi connectivity index (χ2n) is 6.72. The predicted molar refractivity (Wildman–Crippen MR) is 115 cm³/mol. The molecule has 0 aromatic carbocycles. The van der Waals surface area contributed by atoms with E-state index in [4.69, 9.17) is 14.6 Å². The van der Waals surface area contributed by atoms with Crippen molar-refractivity contribution in [2.24, 2.45) is 0 Å². The fourth-order valence-electron chi connectivity index (χ4n) is 3.00. The van der Waals surface area contributed by atoms with Gasteiger partial charge in [-0.1, -0.05) is 32.1 Å². The van der Waals surface area contributed by atoms with Crippen molar-refractivity contribution >= 4 is 17.9 Å². The summed E-state index contributed by atoms with van der Waals surface area (Å²) in [6.45, 7) is 11.8. The topological polar surface area (TPSA) is 75.5 Å². The first-order chi connectivity index (χ1) is 14.4. The average molecular weight is 424 g/mol. The Labute approximate surface area is 177 Å². The van der Waals surface area contributed by atoms with E-state index in [1.807, 2.05) is 32.1 Å². The van der Waals surface area contributed by atoms with Gasteiger partial charge in [-0.05, 0) is 44.3 Å². The summed E-state index contributed by atoms with van der Waals surface area (Å²) in [4.78, 5) is 18.7. The van der Waals surface area contributed by atoms with Crippen molar-refractivity contribution < 1.29 is 23.4 Å². The molecule has 6 nitrogen and oxygen atoms in total. The van der Waals surface area contributed by atoms with Crippen LogP contribution in [0.4, 0.5) is 14.6 Å². The first-order valence-corrected chi connectivity index (χ1v) is 10.1. The Morgan fingerprint density at radius 1 is 1.30 bits per heavy atom. The Balaban J connectivity index is 0.00000141. The van der Waals surface area contributed by atoms with Crippen LogP contribution in [0.15, 0.2) is 36.1 Å². The summed E-state index contributed by atoms with van der Waals surface area (Å²) in [5.41, 5.74) is 2.37. The van der Waals surface area contributed by atoms with Crippen molar-refractivity contribution in [3.05, 3.63) is 47.6 Å². The van der Waals surface area contributed by atoms with E-state index < -0.39 is 12.2 Å². The van der Waals surface area contributed by atoms with Gasteiger partial charge in [-0.15, -0.1) is 0 Å². The molecule has 1 aromatic heterocycles. The lowest BCUT2D eigenvalue weighted by molar-refractivity contribution is -0.122. The Kier molecular flexibility index (Phi) is 11.3. The van der Waals surface area contributed by atoms with E-state index in [0.29, 0.717) is 23.9 Å². The number of carboxylic acid groups (broad SMARTS) is 1. The molecule has 2 heterocycles. The molecule has 1 N–H and O–H groups in total. The van der Waals surface area contributed by atoms with E-state index in [1.165, 1.54) is 0 Å². The molecule has 166 valence electrons. The molecule has 0 bridgehead atoms. The summed E-state index contributed by atoms with van der Waals surface area (Å²) < 4.78 is 32.1. The van der Waals surface area contributed by atoms with Crippen molar-refractivity contribution in [1.29, 1.82) is 0 Å². The van der Waals surface area contributed by atoms with E-state index in [1.54, 1.807) is 0 Å². The maximum absolute atomic E-state index is 13.4. The molecule has 8 heteroatoms. The van der Waals surface area contributed by atoms with Crippen LogP contribution < -0.4 is 4.90 Å². The molecule has 0 atom stereocenters. The fraction of sp³-hybridized carbons (Fsp3) is 0.500. The third-order valence-electron chi connectivity index (χ3n) is 4.50. The zero-order valence-electron chi connectivity index (χ0n) is 17.9. The third kappa shape index (κ3) is 7.93. The van der Waals surface area contributed by atoms with Gasteiger partial charge in [0.15, 0.2) is 5.82 Å². The highest BCUT2D eigenvalue weighted by Gasteiger charge is 2.20. The molecular formula is C22H31F2N3O3. The lowest BCUT2D eigenvalue weighted by Gasteiger charge is -2.18. The van der Waals surface area contributed by atoms with Gasteiger partial charge >= 0.3 is 0 Å². The van der Waals surface area contributed by atoms with Gasteiger partial charge in [0.05, 0.1) is 12.3 Å². The zero-order chi connectivity index (χ0) is 22.5. The van der Waals surface area contributed by atoms with Crippen molar-refractivity contribution in [2.45, 2.75) is 52.9 Å². The first-order valence-electron chi connectivity index (χ1n) is 10.1. The molecular weight excluding hydrogens is 392 g/mol. The number of hydrogen-bond donors (Lipinski definition) is 1. The van der Waals surface area contributed by atoms with E-state index >= 15 is 0 Å². The Morgan fingerprint density at radius 3 is 2.47 bits per heavy atom. The second-order valence-corrected chi connectivity index (χ2v) is 6.72. The monoisotopic (exact) mass is 423 g/mol. The minimum atomic E-state index is -2.69. The van der Waals surface area contributed by atoms with E-state index in [2.05, 4.69) is 28.4 Å². The Hall–Kier alpha value is -2.77. The molecule has 0 unspecified atom stereocenters. The summed E-state index contributed by atoms with van der Waals surface area (Å²) in [5.74, 6) is 0.795. The molecule has 0 amide bonds. The molecule has 1 aromatic rings. The first kappa shape index (κ1) is 25.3. The smallest absolute Gasteiger partial charge is 0.297 e. The van der Waals surface area contributed by atoms with Crippen LogP contribution >= 0.6 is 0 Å². The van der Waals surface area contributed by atoms with E-state index in [-0.39, 0.29) is 6.47 Å². The highest BCUT2D eigenvalue weighted by Crippen LogP contribution is 2.27. The van der Waals surface area contributed by atoms with Crippen molar-refractivity contribution in [1.82, 2.24) is 9.97 Å². The summed E-state index contributed by atoms with van der Waals surface area (Å²) in [5, 5.41) is 6.89. The summed E-state index contributed by atoms with van der Waals surface area (Å²) >= 11 is 0. The van der Waals surface area contributed by atoms with Crippen LogP contribution in [0, 0.1) is 0 Å². The van der Waals surface area contributed by atoms with Crippen LogP contribution in [0.5, 0.6) is 0 Å². The number of ether oxygens (including phenoxy) is 1. The lowest BCUT2D eigenvalue weighted by Crippen LogP contribution is -2.20. The maximum Gasteiger partial charge on any atom is 0.297 e. The standard InChI is InChI=1S/C21H29F2N3O.CH2O2/c1-5-9-17(11-10-15(3)16(4)27-6-2)18-14-19(26-12-7-8-13-26)25-21(24-18)20(22)23;2-1-3/h10-11,14,20H,4-9,12-13H2,1-3H3;1H,(H,2,3)/b15-10-,17-11+;. The molecule has 30 heavy (non-hydrogen) atoms. The van der Waals surface area contributed by atoms with Crippen LogP contribution in [0.25, 0.3) is 5.57 Å². The number of hydrogen-bond acceptors (Lipinski definition) is 5. The van der Waals surface area contributed by atoms with E-state index in [9.17, 15) is 8.78 Å². The molecule has 1 aliphatic heterocycles. The van der Waals surface area contributed by atoms with Crippen molar-refractivity contribution in [2.75, 3.05) is 24.6 Å². The van der Waals surface area contributed by atoms with Gasteiger partial charge in [0, 0.05) is 19.2 Å². The highest BCUT2D eigenvalue weighted by atomic mass is 19.3. The normalized spacial score (nSPS) is 14.4. The van der Waals surface area contributed by atoms with Crippen LogP contribution in [-0.4, -0.2) is 41.2 Å². The number of nitrogens with zero attached hydrogens (tertiary/aromatic N) is 3. The minimum Gasteiger partial charge on any atom is -0.494 e. The van der Waals surface area contributed by atoms with Crippen molar-refractivity contribution in [3.8, 4) is 0 Å². The Morgan fingerprint density at radius 2 is 1.93 bits per heavy atom. The molecule has 1 fully saturated rings. The van der Waals surface area contributed by atoms with Gasteiger partial charge in [-0.3, -0.25) is 4.79 Å². The van der Waals surface area contributed by atoms with E-state index in [0.717, 1.165) is 49.9 Å². The Bertz CT molecular complexity index is 758. The number of carbonyl (C=O) groups is 1. The quantitative estimate of drug-likeness (QED) is 0.326. The van der Waals surface area contributed by atoms with Crippen LogP contribution in [0.1, 0.15) is 64.4 Å². The zero-order valence-corrected chi connectivity index (χ0v) is 17.9. The largest absolute Gasteiger partial charge is 0.494 e. The number of aromatic nitrogens is 2. The lowest BCUT2D eigenvalue weighted by atomic mass is 10.0. The SMILES string of the molecule is C=C(OCC)/C(C)=C\C=C(/CCC)c1cc(N2CCCC2)nc(C(F)F)n1.O=CO. The molecule has 0 radical (unpaired) electrons. The number of alkyl halides is 2. The molecule has 0 aliphatic carbocycles.